The highest BCUT2D eigenvalue weighted by atomic mass is 16.5. The molecule has 0 amide bonds. The fourth-order valence-electron chi connectivity index (χ4n) is 2.57. The van der Waals surface area contributed by atoms with E-state index in [-0.39, 0.29) is 11.7 Å². The molecule has 19 heavy (non-hydrogen) atoms. The van der Waals surface area contributed by atoms with Crippen LogP contribution in [-0.4, -0.2) is 28.4 Å². The predicted molar refractivity (Wildman–Crippen MR) is 70.7 cm³/mol. The van der Waals surface area contributed by atoms with Crippen LogP contribution in [0.3, 0.4) is 0 Å². The largest absolute Gasteiger partial charge is 0.477 e. The zero-order valence-electron chi connectivity index (χ0n) is 11.3. The van der Waals surface area contributed by atoms with E-state index in [0.717, 1.165) is 31.6 Å². The van der Waals surface area contributed by atoms with E-state index in [1.165, 1.54) is 4.57 Å². The molecular weight excluding hydrogens is 246 g/mol. The number of carboxylic acid groups (broad SMARTS) is 1. The van der Waals surface area contributed by atoms with Crippen LogP contribution in [-0.2, 0) is 11.3 Å². The Labute approximate surface area is 111 Å². The van der Waals surface area contributed by atoms with Crippen LogP contribution >= 0.6 is 0 Å². The maximum absolute atomic E-state index is 12.3. The molecule has 0 aromatic carbocycles. The average molecular weight is 265 g/mol. The first-order valence-corrected chi connectivity index (χ1v) is 6.56. The van der Waals surface area contributed by atoms with E-state index >= 15 is 0 Å². The first kappa shape index (κ1) is 13.8. The zero-order chi connectivity index (χ0) is 14.0. The van der Waals surface area contributed by atoms with Crippen LogP contribution in [0.25, 0.3) is 0 Å². The van der Waals surface area contributed by atoms with Gasteiger partial charge in [0.25, 0.3) is 5.56 Å². The van der Waals surface area contributed by atoms with Crippen LogP contribution in [0.5, 0.6) is 0 Å². The van der Waals surface area contributed by atoms with Crippen LogP contribution in [0.1, 0.15) is 40.9 Å². The Hall–Kier alpha value is -1.62. The number of nitrogens with zero attached hydrogens (tertiary/aromatic N) is 1. The van der Waals surface area contributed by atoms with Gasteiger partial charge in [-0.1, -0.05) is 0 Å². The summed E-state index contributed by atoms with van der Waals surface area (Å²) in [6.45, 7) is 4.63. The molecule has 1 saturated heterocycles. The minimum atomic E-state index is -1.17. The number of hydrogen-bond acceptors (Lipinski definition) is 3. The Morgan fingerprint density at radius 1 is 1.47 bits per heavy atom. The van der Waals surface area contributed by atoms with Gasteiger partial charge in [-0.05, 0) is 44.7 Å². The zero-order valence-corrected chi connectivity index (χ0v) is 11.3. The summed E-state index contributed by atoms with van der Waals surface area (Å²) < 4.78 is 7.14. The highest BCUT2D eigenvalue weighted by Crippen LogP contribution is 2.15. The highest BCUT2D eigenvalue weighted by Gasteiger charge is 2.20. The third kappa shape index (κ3) is 2.87. The lowest BCUT2D eigenvalue weighted by molar-refractivity contribution is 0.00500. The van der Waals surface area contributed by atoms with E-state index in [0.29, 0.717) is 12.1 Å². The van der Waals surface area contributed by atoms with Crippen LogP contribution in [0, 0.1) is 13.8 Å². The molecule has 104 valence electrons. The summed E-state index contributed by atoms with van der Waals surface area (Å²) in [5.74, 6) is -1.17. The van der Waals surface area contributed by atoms with Gasteiger partial charge in [-0.3, -0.25) is 4.79 Å². The van der Waals surface area contributed by atoms with Crippen molar-refractivity contribution in [1.82, 2.24) is 4.57 Å². The molecule has 2 rings (SSSR count). The predicted octanol–water partition coefficient (Wildman–Crippen LogP) is 1.73. The molecular formula is C14H19NO4. The number of ether oxygens (including phenoxy) is 1. The van der Waals surface area contributed by atoms with Crippen LogP contribution in [0.4, 0.5) is 0 Å². The van der Waals surface area contributed by atoms with E-state index in [1.54, 1.807) is 13.0 Å². The number of hydrogen-bond donors (Lipinski definition) is 1. The van der Waals surface area contributed by atoms with Gasteiger partial charge in [-0.15, -0.1) is 0 Å². The van der Waals surface area contributed by atoms with Gasteiger partial charge < -0.3 is 14.4 Å². The Kier molecular flexibility index (Phi) is 4.04. The van der Waals surface area contributed by atoms with Gasteiger partial charge in [0.1, 0.15) is 5.56 Å². The van der Waals surface area contributed by atoms with Gasteiger partial charge in [0.15, 0.2) is 0 Å². The Bertz CT molecular complexity index is 541. The fourth-order valence-corrected chi connectivity index (χ4v) is 2.57. The lowest BCUT2D eigenvalue weighted by Crippen LogP contribution is -2.35. The van der Waals surface area contributed by atoms with E-state index in [9.17, 15) is 9.59 Å². The van der Waals surface area contributed by atoms with Gasteiger partial charge >= 0.3 is 5.97 Å². The van der Waals surface area contributed by atoms with Gasteiger partial charge in [-0.25, -0.2) is 4.79 Å². The minimum absolute atomic E-state index is 0.00880. The Balaban J connectivity index is 2.36. The summed E-state index contributed by atoms with van der Waals surface area (Å²) in [5, 5.41) is 9.12. The summed E-state index contributed by atoms with van der Waals surface area (Å²) >= 11 is 0. The molecule has 1 N–H and O–H groups in total. The fraction of sp³-hybridized carbons (Fsp3) is 0.571. The van der Waals surface area contributed by atoms with E-state index in [1.807, 2.05) is 6.92 Å². The molecule has 5 nitrogen and oxygen atoms in total. The van der Waals surface area contributed by atoms with Crippen LogP contribution in [0.2, 0.25) is 0 Å². The van der Waals surface area contributed by atoms with Crippen molar-refractivity contribution in [3.63, 3.8) is 0 Å². The van der Waals surface area contributed by atoms with Gasteiger partial charge in [0, 0.05) is 12.3 Å². The molecule has 1 aliphatic rings. The van der Waals surface area contributed by atoms with Crippen LogP contribution < -0.4 is 5.56 Å². The van der Waals surface area contributed by atoms with Gasteiger partial charge in [-0.2, -0.15) is 0 Å². The molecule has 1 unspecified atom stereocenters. The number of carbonyl (C=O) groups is 1. The standard InChI is InChI=1S/C14H19NO4/c1-9-7-10(2)15(13(16)12(9)14(17)18)8-11-5-3-4-6-19-11/h7,11H,3-6,8H2,1-2H3,(H,17,18). The van der Waals surface area contributed by atoms with Crippen molar-refractivity contribution in [2.24, 2.45) is 0 Å². The van der Waals surface area contributed by atoms with E-state index in [4.69, 9.17) is 9.84 Å². The molecule has 0 radical (unpaired) electrons. The number of aromatic nitrogens is 1. The highest BCUT2D eigenvalue weighted by molar-refractivity contribution is 5.88. The van der Waals surface area contributed by atoms with Gasteiger partial charge in [0.05, 0.1) is 12.6 Å². The maximum atomic E-state index is 12.3. The van der Waals surface area contributed by atoms with Crippen molar-refractivity contribution < 1.29 is 14.6 Å². The molecule has 2 heterocycles. The van der Waals surface area contributed by atoms with Gasteiger partial charge in [0.2, 0.25) is 0 Å². The molecule has 1 aliphatic heterocycles. The van der Waals surface area contributed by atoms with E-state index < -0.39 is 11.5 Å². The van der Waals surface area contributed by atoms with Crippen molar-refractivity contribution in [1.29, 1.82) is 0 Å². The first-order valence-electron chi connectivity index (χ1n) is 6.56. The second-order valence-electron chi connectivity index (χ2n) is 5.05. The number of aryl methyl sites for hydroxylation is 2. The lowest BCUT2D eigenvalue weighted by atomic mass is 10.1. The normalized spacial score (nSPS) is 19.4. The summed E-state index contributed by atoms with van der Waals surface area (Å²) in [6.07, 6.45) is 3.08. The summed E-state index contributed by atoms with van der Waals surface area (Å²) in [6, 6.07) is 1.74. The van der Waals surface area contributed by atoms with Crippen molar-refractivity contribution in [2.45, 2.75) is 45.8 Å². The number of rotatable bonds is 3. The summed E-state index contributed by atoms with van der Waals surface area (Å²) in [4.78, 5) is 23.4. The maximum Gasteiger partial charge on any atom is 0.341 e. The average Bonchev–Trinajstić information content (AvgIpc) is 2.35. The number of aromatic carboxylic acids is 1. The van der Waals surface area contributed by atoms with E-state index in [2.05, 4.69) is 0 Å². The third-order valence-corrected chi connectivity index (χ3v) is 3.58. The number of pyridine rings is 1. The SMILES string of the molecule is Cc1cc(C)n(CC2CCCCO2)c(=O)c1C(=O)O. The summed E-state index contributed by atoms with van der Waals surface area (Å²) in [5.41, 5.74) is 0.720. The second kappa shape index (κ2) is 5.57. The quantitative estimate of drug-likeness (QED) is 0.903. The monoisotopic (exact) mass is 265 g/mol. The lowest BCUT2D eigenvalue weighted by Gasteiger charge is -2.24. The molecule has 1 aromatic heterocycles. The molecule has 5 heteroatoms. The smallest absolute Gasteiger partial charge is 0.341 e. The Morgan fingerprint density at radius 3 is 2.79 bits per heavy atom. The third-order valence-electron chi connectivity index (χ3n) is 3.58. The molecule has 1 atom stereocenters. The van der Waals surface area contributed by atoms with Crippen molar-refractivity contribution in [3.8, 4) is 0 Å². The molecule has 0 aliphatic carbocycles. The Morgan fingerprint density at radius 2 is 2.21 bits per heavy atom. The summed E-state index contributed by atoms with van der Waals surface area (Å²) in [7, 11) is 0. The molecule has 0 saturated carbocycles. The molecule has 0 bridgehead atoms. The molecule has 0 spiro atoms. The second-order valence-corrected chi connectivity index (χ2v) is 5.05. The van der Waals surface area contributed by atoms with Crippen molar-refractivity contribution >= 4 is 5.97 Å². The van der Waals surface area contributed by atoms with Crippen molar-refractivity contribution in [2.75, 3.05) is 6.61 Å². The first-order chi connectivity index (χ1) is 9.00. The number of carboxylic acids is 1. The van der Waals surface area contributed by atoms with Crippen molar-refractivity contribution in [3.05, 3.63) is 33.2 Å². The minimum Gasteiger partial charge on any atom is -0.477 e. The topological polar surface area (TPSA) is 68.5 Å². The molecule has 1 aromatic rings. The van der Waals surface area contributed by atoms with Crippen LogP contribution in [0.15, 0.2) is 10.9 Å². The molecule has 1 fully saturated rings.